The summed E-state index contributed by atoms with van der Waals surface area (Å²) in [6, 6.07) is 4.98. The van der Waals surface area contributed by atoms with E-state index in [-0.39, 0.29) is 11.6 Å². The molecule has 0 bridgehead atoms. The summed E-state index contributed by atoms with van der Waals surface area (Å²) in [5.74, 6) is -0.488. The molecular formula is C14H11N5O4S. The molecule has 0 fully saturated rings. The zero-order chi connectivity index (χ0) is 17.1. The molecule has 122 valence electrons. The Balaban J connectivity index is 1.88. The second-order valence-electron chi connectivity index (χ2n) is 4.64. The van der Waals surface area contributed by atoms with Crippen LogP contribution in [0.3, 0.4) is 0 Å². The van der Waals surface area contributed by atoms with Gasteiger partial charge in [0.25, 0.3) is 0 Å². The Labute approximate surface area is 138 Å². The van der Waals surface area contributed by atoms with Gasteiger partial charge in [0, 0.05) is 6.20 Å². The van der Waals surface area contributed by atoms with Gasteiger partial charge in [-0.25, -0.2) is 9.78 Å². The number of hydrogen-bond acceptors (Lipinski definition) is 6. The van der Waals surface area contributed by atoms with E-state index in [4.69, 9.17) is 5.11 Å². The molecule has 0 aliphatic heterocycles. The number of anilines is 1. The van der Waals surface area contributed by atoms with Gasteiger partial charge in [0.15, 0.2) is 5.65 Å². The third-order valence-corrected chi connectivity index (χ3v) is 3.93. The van der Waals surface area contributed by atoms with E-state index in [0.29, 0.717) is 16.1 Å². The first-order chi connectivity index (χ1) is 11.6. The number of rotatable bonds is 5. The third kappa shape index (κ3) is 3.08. The quantitative estimate of drug-likeness (QED) is 0.597. The van der Waals surface area contributed by atoms with E-state index >= 15 is 0 Å². The topological polar surface area (TPSA) is 126 Å². The first-order valence-electron chi connectivity index (χ1n) is 6.74. The van der Waals surface area contributed by atoms with Crippen LogP contribution in [0.4, 0.5) is 10.6 Å². The summed E-state index contributed by atoms with van der Waals surface area (Å²) in [4.78, 5) is 39.3. The van der Waals surface area contributed by atoms with Crippen LogP contribution in [0.25, 0.3) is 5.65 Å². The van der Waals surface area contributed by atoms with Crippen molar-refractivity contribution in [3.63, 3.8) is 0 Å². The zero-order valence-corrected chi connectivity index (χ0v) is 12.9. The smallest absolute Gasteiger partial charge is 0.405 e. The summed E-state index contributed by atoms with van der Waals surface area (Å²) in [7, 11) is 0. The highest BCUT2D eigenvalue weighted by molar-refractivity contribution is 7.12. The van der Waals surface area contributed by atoms with E-state index < -0.39 is 18.5 Å². The number of nitrogens with one attached hydrogen (secondary N) is 2. The van der Waals surface area contributed by atoms with Crippen LogP contribution in [-0.2, 0) is 4.79 Å². The van der Waals surface area contributed by atoms with Crippen molar-refractivity contribution < 1.29 is 19.5 Å². The minimum absolute atomic E-state index is 0.205. The Morgan fingerprint density at radius 2 is 2.12 bits per heavy atom. The number of carbonyl (C=O) groups is 3. The van der Waals surface area contributed by atoms with E-state index in [9.17, 15) is 14.4 Å². The number of ketones is 1. The van der Waals surface area contributed by atoms with Gasteiger partial charge in [-0.15, -0.1) is 11.3 Å². The molecule has 3 aromatic rings. The lowest BCUT2D eigenvalue weighted by Gasteiger charge is -2.07. The number of amides is 2. The van der Waals surface area contributed by atoms with Gasteiger partial charge in [0.2, 0.25) is 11.7 Å². The minimum Gasteiger partial charge on any atom is -0.465 e. The maximum absolute atomic E-state index is 12.4. The molecule has 0 aromatic carbocycles. The molecule has 2 amide bonds. The average Bonchev–Trinajstić information content (AvgIpc) is 3.22. The Morgan fingerprint density at radius 3 is 2.83 bits per heavy atom. The monoisotopic (exact) mass is 345 g/mol. The van der Waals surface area contributed by atoms with Crippen molar-refractivity contribution in [1.82, 2.24) is 19.9 Å². The molecule has 3 N–H and O–H groups in total. The van der Waals surface area contributed by atoms with Crippen LogP contribution in [0.1, 0.15) is 15.2 Å². The average molecular weight is 345 g/mol. The van der Waals surface area contributed by atoms with E-state index in [1.165, 1.54) is 34.3 Å². The third-order valence-electron chi connectivity index (χ3n) is 3.06. The fourth-order valence-electron chi connectivity index (χ4n) is 2.03. The molecule has 0 saturated heterocycles. The number of nitrogens with zero attached hydrogens (tertiary/aromatic N) is 3. The number of carbonyl (C=O) groups excluding carboxylic acids is 2. The van der Waals surface area contributed by atoms with Crippen molar-refractivity contribution in [2.24, 2.45) is 0 Å². The SMILES string of the molecule is O=C(O)NCC(=O)Nc1ccnc2c(C(=O)c3cccs3)cnn12. The van der Waals surface area contributed by atoms with Gasteiger partial charge in [-0.2, -0.15) is 9.61 Å². The number of hydrogen-bond donors (Lipinski definition) is 3. The molecule has 0 aliphatic rings. The van der Waals surface area contributed by atoms with Crippen LogP contribution in [0.2, 0.25) is 0 Å². The summed E-state index contributed by atoms with van der Waals surface area (Å²) in [5, 5.41) is 18.9. The van der Waals surface area contributed by atoms with Crippen molar-refractivity contribution in [3.8, 4) is 0 Å². The van der Waals surface area contributed by atoms with Crippen LogP contribution in [-0.4, -0.2) is 44.0 Å². The predicted octanol–water partition coefficient (Wildman–Crippen LogP) is 1.23. The highest BCUT2D eigenvalue weighted by Crippen LogP contribution is 2.19. The van der Waals surface area contributed by atoms with Gasteiger partial charge in [-0.05, 0) is 17.5 Å². The molecule has 0 aliphatic carbocycles. The fourth-order valence-corrected chi connectivity index (χ4v) is 2.71. The van der Waals surface area contributed by atoms with Crippen molar-refractivity contribution >= 4 is 40.6 Å². The number of fused-ring (bicyclic) bond motifs is 1. The number of carboxylic acid groups (broad SMARTS) is 1. The molecule has 0 spiro atoms. The van der Waals surface area contributed by atoms with Crippen molar-refractivity contribution in [2.45, 2.75) is 0 Å². The van der Waals surface area contributed by atoms with E-state index in [1.807, 2.05) is 5.32 Å². The van der Waals surface area contributed by atoms with Gasteiger partial charge >= 0.3 is 6.09 Å². The van der Waals surface area contributed by atoms with Crippen LogP contribution in [0.5, 0.6) is 0 Å². The van der Waals surface area contributed by atoms with Gasteiger partial charge in [0.05, 0.1) is 16.6 Å². The summed E-state index contributed by atoms with van der Waals surface area (Å²) in [6.45, 7) is -0.401. The summed E-state index contributed by atoms with van der Waals surface area (Å²) < 4.78 is 1.32. The maximum atomic E-state index is 12.4. The minimum atomic E-state index is -1.30. The molecule has 0 saturated carbocycles. The summed E-state index contributed by atoms with van der Waals surface area (Å²) >= 11 is 1.31. The second-order valence-corrected chi connectivity index (χ2v) is 5.58. The lowest BCUT2D eigenvalue weighted by Crippen LogP contribution is -2.32. The maximum Gasteiger partial charge on any atom is 0.405 e. The van der Waals surface area contributed by atoms with Gasteiger partial charge in [-0.1, -0.05) is 6.07 Å². The van der Waals surface area contributed by atoms with E-state index in [2.05, 4.69) is 15.4 Å². The standard InChI is InChI=1S/C14H11N5O4S/c20-11(7-16-14(22)23)18-10-3-4-15-13-8(6-17-19(10)13)12(21)9-2-1-5-24-9/h1-6,16H,7H2,(H,18,20)(H,22,23). The fraction of sp³-hybridized carbons (Fsp3) is 0.0714. The van der Waals surface area contributed by atoms with Crippen LogP contribution in [0, 0.1) is 0 Å². The number of thiophene rings is 1. The Bertz CT molecular complexity index is 919. The highest BCUT2D eigenvalue weighted by Gasteiger charge is 2.18. The first kappa shape index (κ1) is 15.6. The molecule has 0 unspecified atom stereocenters. The highest BCUT2D eigenvalue weighted by atomic mass is 32.1. The van der Waals surface area contributed by atoms with Gasteiger partial charge in [-0.3, -0.25) is 9.59 Å². The first-order valence-corrected chi connectivity index (χ1v) is 7.62. The molecule has 10 heteroatoms. The second kappa shape index (κ2) is 6.46. The van der Waals surface area contributed by atoms with E-state index in [0.717, 1.165) is 0 Å². The zero-order valence-electron chi connectivity index (χ0n) is 12.1. The summed E-state index contributed by atoms with van der Waals surface area (Å²) in [5.41, 5.74) is 0.620. The Kier molecular flexibility index (Phi) is 4.20. The molecule has 3 aromatic heterocycles. The number of aromatic nitrogens is 3. The van der Waals surface area contributed by atoms with Gasteiger partial charge < -0.3 is 15.7 Å². The Hall–Kier alpha value is -3.27. The molecule has 9 nitrogen and oxygen atoms in total. The largest absolute Gasteiger partial charge is 0.465 e. The molecule has 0 radical (unpaired) electrons. The van der Waals surface area contributed by atoms with Gasteiger partial charge in [0.1, 0.15) is 12.4 Å². The van der Waals surface area contributed by atoms with Crippen molar-refractivity contribution in [3.05, 3.63) is 46.4 Å². The summed E-state index contributed by atoms with van der Waals surface area (Å²) in [6.07, 6.45) is 1.52. The molecule has 3 heterocycles. The molecular weight excluding hydrogens is 334 g/mol. The molecule has 0 atom stereocenters. The molecule has 24 heavy (non-hydrogen) atoms. The van der Waals surface area contributed by atoms with Crippen LogP contribution >= 0.6 is 11.3 Å². The van der Waals surface area contributed by atoms with Crippen molar-refractivity contribution in [2.75, 3.05) is 11.9 Å². The lowest BCUT2D eigenvalue weighted by atomic mass is 10.2. The van der Waals surface area contributed by atoms with Crippen LogP contribution < -0.4 is 10.6 Å². The Morgan fingerprint density at radius 1 is 1.29 bits per heavy atom. The van der Waals surface area contributed by atoms with Crippen LogP contribution in [0.15, 0.2) is 36.0 Å². The normalized spacial score (nSPS) is 10.5. The van der Waals surface area contributed by atoms with E-state index in [1.54, 1.807) is 17.5 Å². The van der Waals surface area contributed by atoms with Crippen molar-refractivity contribution in [1.29, 1.82) is 0 Å². The predicted molar refractivity (Wildman–Crippen MR) is 85.4 cm³/mol. The lowest BCUT2D eigenvalue weighted by molar-refractivity contribution is -0.115. The molecule has 3 rings (SSSR count).